The number of hydrogen-bond acceptors (Lipinski definition) is 6. The Balaban J connectivity index is 2.03. The summed E-state index contributed by atoms with van der Waals surface area (Å²) in [4.78, 5) is 37.5. The van der Waals surface area contributed by atoms with Gasteiger partial charge in [0, 0.05) is 18.3 Å². The van der Waals surface area contributed by atoms with Gasteiger partial charge in [-0.25, -0.2) is 28.4 Å². The molecule has 0 fully saturated rings. The number of hydroxylamine groups is 1. The van der Waals surface area contributed by atoms with Gasteiger partial charge in [-0.05, 0) is 25.0 Å². The van der Waals surface area contributed by atoms with E-state index in [9.17, 15) is 41.4 Å². The van der Waals surface area contributed by atoms with Crippen LogP contribution in [-0.2, 0) is 22.1 Å². The first-order chi connectivity index (χ1) is 16.0. The third kappa shape index (κ3) is 6.60. The second-order valence-electron chi connectivity index (χ2n) is 6.88. The van der Waals surface area contributed by atoms with Crippen molar-refractivity contribution in [1.82, 2.24) is 15.8 Å². The molecule has 0 spiro atoms. The fourth-order valence-electron chi connectivity index (χ4n) is 2.78. The van der Waals surface area contributed by atoms with Crippen molar-refractivity contribution in [1.29, 1.82) is 0 Å². The summed E-state index contributed by atoms with van der Waals surface area (Å²) < 4.78 is 70.0. The van der Waals surface area contributed by atoms with E-state index in [1.54, 1.807) is 0 Å². The maximum atomic E-state index is 14.8. The Hall–Kier alpha value is -3.33. The Morgan fingerprint density at radius 2 is 1.76 bits per heavy atom. The number of carbonyl (C=O) groups is 3. The molecule has 1 aromatic heterocycles. The standard InChI is InChI=1S/C19H19F5N4O5S/c20-12-6-5-11(15(21)16(12)22)19(23,24)28(18(31)32)17-26-10(9-34-17)8-14(30)25-7-3-1-2-4-13(29)27-33/h5-6,9,33H,1-4,7-8H2,(H,25,30)(H,27,29)(H,31,32). The molecular weight excluding hydrogens is 491 g/mol. The van der Waals surface area contributed by atoms with Crippen LogP contribution in [0.15, 0.2) is 17.5 Å². The zero-order valence-electron chi connectivity index (χ0n) is 17.3. The van der Waals surface area contributed by atoms with Gasteiger partial charge in [-0.2, -0.15) is 13.7 Å². The number of thiazole rings is 1. The Bertz CT molecular complexity index is 1050. The fraction of sp³-hybridized carbons (Fsp3) is 0.368. The van der Waals surface area contributed by atoms with Gasteiger partial charge in [0.05, 0.1) is 17.7 Å². The number of unbranched alkanes of at least 4 members (excludes halogenated alkanes) is 2. The summed E-state index contributed by atoms with van der Waals surface area (Å²) in [7, 11) is 0. The summed E-state index contributed by atoms with van der Waals surface area (Å²) in [6.07, 6.45) is -0.916. The van der Waals surface area contributed by atoms with Crippen molar-refractivity contribution in [3.8, 4) is 0 Å². The van der Waals surface area contributed by atoms with Crippen molar-refractivity contribution in [3.63, 3.8) is 0 Å². The number of amides is 3. The minimum Gasteiger partial charge on any atom is -0.464 e. The lowest BCUT2D eigenvalue weighted by Gasteiger charge is -2.27. The number of halogens is 5. The molecule has 1 heterocycles. The summed E-state index contributed by atoms with van der Waals surface area (Å²) >= 11 is 0.428. The van der Waals surface area contributed by atoms with Crippen molar-refractivity contribution in [2.75, 3.05) is 11.4 Å². The van der Waals surface area contributed by atoms with Gasteiger partial charge in [-0.1, -0.05) is 6.42 Å². The topological polar surface area (TPSA) is 132 Å². The molecule has 4 N–H and O–H groups in total. The summed E-state index contributed by atoms with van der Waals surface area (Å²) in [5, 5.41) is 20.5. The first-order valence-electron chi connectivity index (χ1n) is 9.68. The number of aromatic nitrogens is 1. The quantitative estimate of drug-likeness (QED) is 0.0914. The predicted octanol–water partition coefficient (Wildman–Crippen LogP) is 3.52. The largest absolute Gasteiger partial charge is 0.464 e. The van der Waals surface area contributed by atoms with Crippen molar-refractivity contribution < 1.29 is 46.6 Å². The van der Waals surface area contributed by atoms with E-state index in [2.05, 4.69) is 10.3 Å². The monoisotopic (exact) mass is 510 g/mol. The maximum Gasteiger partial charge on any atom is 0.418 e. The molecule has 0 unspecified atom stereocenters. The van der Waals surface area contributed by atoms with Crippen LogP contribution in [-0.4, -0.2) is 39.8 Å². The molecular formula is C19H19F5N4O5S. The van der Waals surface area contributed by atoms with Crippen molar-refractivity contribution >= 4 is 34.4 Å². The van der Waals surface area contributed by atoms with Crippen LogP contribution in [0.2, 0.25) is 0 Å². The van der Waals surface area contributed by atoms with Gasteiger partial charge >= 0.3 is 12.1 Å². The number of rotatable bonds is 11. The molecule has 0 saturated carbocycles. The molecule has 0 radical (unpaired) electrons. The molecule has 186 valence electrons. The van der Waals surface area contributed by atoms with E-state index in [0.29, 0.717) is 30.6 Å². The number of carbonyl (C=O) groups excluding carboxylic acids is 2. The number of nitrogens with zero attached hydrogens (tertiary/aromatic N) is 2. The highest BCUT2D eigenvalue weighted by Crippen LogP contribution is 2.39. The second-order valence-corrected chi connectivity index (χ2v) is 7.71. The van der Waals surface area contributed by atoms with Crippen LogP contribution in [0, 0.1) is 17.5 Å². The van der Waals surface area contributed by atoms with E-state index >= 15 is 0 Å². The normalized spacial score (nSPS) is 11.2. The molecule has 0 aliphatic heterocycles. The molecule has 0 saturated heterocycles. The van der Waals surface area contributed by atoms with Crippen LogP contribution < -0.4 is 15.7 Å². The second kappa shape index (κ2) is 11.7. The highest BCUT2D eigenvalue weighted by atomic mass is 32.1. The highest BCUT2D eigenvalue weighted by molar-refractivity contribution is 7.14. The summed E-state index contributed by atoms with van der Waals surface area (Å²) in [5.74, 6) is -7.22. The predicted molar refractivity (Wildman–Crippen MR) is 108 cm³/mol. The molecule has 2 rings (SSSR count). The van der Waals surface area contributed by atoms with E-state index in [4.69, 9.17) is 5.21 Å². The van der Waals surface area contributed by atoms with Gasteiger partial charge in [0.2, 0.25) is 11.8 Å². The van der Waals surface area contributed by atoms with Gasteiger partial charge < -0.3 is 10.4 Å². The van der Waals surface area contributed by atoms with Crippen LogP contribution >= 0.6 is 11.3 Å². The maximum absolute atomic E-state index is 14.8. The molecule has 0 atom stereocenters. The molecule has 34 heavy (non-hydrogen) atoms. The fourth-order valence-corrected chi connectivity index (χ4v) is 3.62. The molecule has 15 heteroatoms. The van der Waals surface area contributed by atoms with E-state index in [-0.39, 0.29) is 37.2 Å². The number of benzene rings is 1. The summed E-state index contributed by atoms with van der Waals surface area (Å²) in [6, 6.07) is -4.18. The van der Waals surface area contributed by atoms with Gasteiger partial charge in [0.15, 0.2) is 22.6 Å². The minimum absolute atomic E-state index is 0.0510. The van der Waals surface area contributed by atoms with Gasteiger partial charge in [-0.3, -0.25) is 14.8 Å². The number of hydrogen-bond donors (Lipinski definition) is 4. The van der Waals surface area contributed by atoms with Crippen LogP contribution in [0.3, 0.4) is 0 Å². The molecule has 2 aromatic rings. The molecule has 0 aliphatic carbocycles. The SMILES string of the molecule is O=C(CCCCCNC(=O)Cc1csc(N(C(=O)O)C(F)(F)c2ccc(F)c(F)c2F)n1)NO. The van der Waals surface area contributed by atoms with Gasteiger partial charge in [-0.15, -0.1) is 11.3 Å². The average molecular weight is 510 g/mol. The molecule has 3 amide bonds. The van der Waals surface area contributed by atoms with E-state index in [1.165, 1.54) is 5.48 Å². The van der Waals surface area contributed by atoms with Crippen LogP contribution in [0.4, 0.5) is 31.9 Å². The Morgan fingerprint density at radius 3 is 2.41 bits per heavy atom. The lowest BCUT2D eigenvalue weighted by atomic mass is 10.1. The molecule has 9 nitrogen and oxygen atoms in total. The smallest absolute Gasteiger partial charge is 0.418 e. The lowest BCUT2D eigenvalue weighted by Crippen LogP contribution is -2.44. The third-order valence-corrected chi connectivity index (χ3v) is 5.31. The Morgan fingerprint density at radius 1 is 1.06 bits per heavy atom. The average Bonchev–Trinajstić information content (AvgIpc) is 3.20. The zero-order valence-corrected chi connectivity index (χ0v) is 18.1. The number of alkyl halides is 2. The first-order valence-corrected chi connectivity index (χ1v) is 10.6. The van der Waals surface area contributed by atoms with Gasteiger partial charge in [0.25, 0.3) is 0 Å². The number of carboxylic acid groups (broad SMARTS) is 1. The molecule has 1 aromatic carbocycles. The van der Waals surface area contributed by atoms with Gasteiger partial charge in [0.1, 0.15) is 0 Å². The Kier molecular flexibility index (Phi) is 9.26. The summed E-state index contributed by atoms with van der Waals surface area (Å²) in [6.45, 7) is 0.241. The van der Waals surface area contributed by atoms with E-state index in [1.807, 2.05) is 0 Å². The van der Waals surface area contributed by atoms with Crippen molar-refractivity contribution in [3.05, 3.63) is 46.2 Å². The van der Waals surface area contributed by atoms with E-state index < -0.39 is 57.0 Å². The first kappa shape index (κ1) is 26.9. The molecule has 0 bridgehead atoms. The van der Waals surface area contributed by atoms with Crippen LogP contribution in [0.25, 0.3) is 0 Å². The zero-order chi connectivity index (χ0) is 25.5. The highest BCUT2D eigenvalue weighted by Gasteiger charge is 2.48. The minimum atomic E-state index is -4.64. The van der Waals surface area contributed by atoms with Crippen molar-refractivity contribution in [2.45, 2.75) is 38.2 Å². The van der Waals surface area contributed by atoms with Crippen molar-refractivity contribution in [2.24, 2.45) is 0 Å². The third-order valence-electron chi connectivity index (χ3n) is 4.43. The number of nitrogens with one attached hydrogen (secondary N) is 2. The van der Waals surface area contributed by atoms with Crippen LogP contribution in [0.5, 0.6) is 0 Å². The molecule has 0 aliphatic rings. The lowest BCUT2D eigenvalue weighted by molar-refractivity contribution is -0.129. The van der Waals surface area contributed by atoms with Crippen LogP contribution in [0.1, 0.15) is 36.9 Å². The van der Waals surface area contributed by atoms with E-state index in [0.717, 1.165) is 5.38 Å². The summed E-state index contributed by atoms with van der Waals surface area (Å²) in [5.41, 5.74) is -0.267. The number of anilines is 1. The Labute approximate surface area is 193 Å².